The van der Waals surface area contributed by atoms with Gasteiger partial charge in [-0.15, -0.1) is 13.2 Å². The second-order valence-electron chi connectivity index (χ2n) is 10.6. The van der Waals surface area contributed by atoms with Gasteiger partial charge in [0.15, 0.2) is 0 Å². The van der Waals surface area contributed by atoms with E-state index in [0.29, 0.717) is 19.3 Å². The Bertz CT molecular complexity index is 1300. The normalized spacial score (nSPS) is 13.5. The minimum Gasteiger partial charge on any atom is -0.463 e. The van der Waals surface area contributed by atoms with Crippen molar-refractivity contribution >= 4 is 17.8 Å². The number of nitrogens with one attached hydrogen (secondary N) is 2. The van der Waals surface area contributed by atoms with E-state index in [1.165, 1.54) is 0 Å². The van der Waals surface area contributed by atoms with Gasteiger partial charge in [0.2, 0.25) is 11.8 Å². The van der Waals surface area contributed by atoms with E-state index in [-0.39, 0.29) is 43.8 Å². The van der Waals surface area contributed by atoms with Crippen LogP contribution >= 0.6 is 0 Å². The van der Waals surface area contributed by atoms with Crippen LogP contribution in [-0.2, 0) is 32.0 Å². The average Bonchev–Trinajstić information content (AvgIpc) is 3.03. The quantitative estimate of drug-likeness (QED) is 0.143. The van der Waals surface area contributed by atoms with Crippen LogP contribution in [0.15, 0.2) is 116 Å². The number of ether oxygens (including phenoxy) is 1. The fourth-order valence-electron chi connectivity index (χ4n) is 4.90. The molecule has 0 heterocycles. The molecule has 7 heteroatoms. The van der Waals surface area contributed by atoms with Gasteiger partial charge >= 0.3 is 5.97 Å². The molecule has 0 unspecified atom stereocenters. The van der Waals surface area contributed by atoms with Crippen LogP contribution in [0.5, 0.6) is 0 Å². The Morgan fingerprint density at radius 1 is 0.744 bits per heavy atom. The highest BCUT2D eigenvalue weighted by molar-refractivity contribution is 5.86. The van der Waals surface area contributed by atoms with E-state index in [2.05, 4.69) is 23.8 Å². The molecule has 0 aromatic heterocycles. The number of benzene rings is 3. The molecule has 3 rings (SSSR count). The number of rotatable bonds is 18. The van der Waals surface area contributed by atoms with E-state index >= 15 is 0 Å². The molecule has 0 saturated heterocycles. The molecular weight excluding hydrogens is 540 g/mol. The summed E-state index contributed by atoms with van der Waals surface area (Å²) in [7, 11) is 0. The highest BCUT2D eigenvalue weighted by Gasteiger charge is 2.27. The maximum Gasteiger partial charge on any atom is 0.309 e. The standard InChI is InChI=1S/C36H42N2O5/c1-3-14-30(24-34(40)37-32(25-39)23-28-18-10-6-11-19-28)35(41)38-33(29-20-12-7-13-21-29)26-43-36(42)31(15-4-2)22-27-16-8-5-9-17-27/h3-13,16-21,30-33,39H,1-2,14-15,22-26H2,(H,37,40)(H,38,41)/t30-,31+,32-,33-/m0/s1. The van der Waals surface area contributed by atoms with Crippen molar-refractivity contribution in [2.45, 2.75) is 44.2 Å². The molecule has 0 aliphatic rings. The van der Waals surface area contributed by atoms with Crippen LogP contribution in [0.3, 0.4) is 0 Å². The molecule has 0 aliphatic heterocycles. The van der Waals surface area contributed by atoms with Crippen molar-refractivity contribution in [2.75, 3.05) is 13.2 Å². The van der Waals surface area contributed by atoms with E-state index in [0.717, 1.165) is 16.7 Å². The molecule has 0 aliphatic carbocycles. The molecule has 226 valence electrons. The van der Waals surface area contributed by atoms with Crippen LogP contribution in [0, 0.1) is 11.8 Å². The van der Waals surface area contributed by atoms with E-state index < -0.39 is 23.9 Å². The van der Waals surface area contributed by atoms with Crippen molar-refractivity contribution in [2.24, 2.45) is 11.8 Å². The third-order valence-electron chi connectivity index (χ3n) is 7.18. The van der Waals surface area contributed by atoms with Gasteiger partial charge in [-0.2, -0.15) is 0 Å². The second kappa shape index (κ2) is 18.1. The fourth-order valence-corrected chi connectivity index (χ4v) is 4.90. The lowest BCUT2D eigenvalue weighted by Gasteiger charge is -2.24. The zero-order valence-corrected chi connectivity index (χ0v) is 24.6. The molecule has 0 fully saturated rings. The monoisotopic (exact) mass is 582 g/mol. The van der Waals surface area contributed by atoms with E-state index in [9.17, 15) is 19.5 Å². The molecule has 3 aromatic rings. The molecule has 3 aromatic carbocycles. The number of carbonyl (C=O) groups excluding carboxylic acids is 3. The van der Waals surface area contributed by atoms with Gasteiger partial charge in [-0.1, -0.05) is 103 Å². The summed E-state index contributed by atoms with van der Waals surface area (Å²) in [5, 5.41) is 15.7. The Hall–Kier alpha value is -4.49. The number of aliphatic hydroxyl groups is 1. The van der Waals surface area contributed by atoms with Crippen molar-refractivity contribution in [1.82, 2.24) is 10.6 Å². The van der Waals surface area contributed by atoms with Gasteiger partial charge in [0, 0.05) is 6.42 Å². The molecule has 4 atom stereocenters. The number of amides is 2. The second-order valence-corrected chi connectivity index (χ2v) is 10.6. The topological polar surface area (TPSA) is 105 Å². The largest absolute Gasteiger partial charge is 0.463 e. The van der Waals surface area contributed by atoms with Crippen molar-refractivity contribution in [3.63, 3.8) is 0 Å². The summed E-state index contributed by atoms with van der Waals surface area (Å²) in [6, 6.07) is 27.5. The Morgan fingerprint density at radius 3 is 1.84 bits per heavy atom. The lowest BCUT2D eigenvalue weighted by molar-refractivity contribution is -0.150. The summed E-state index contributed by atoms with van der Waals surface area (Å²) in [5.74, 6) is -2.15. The van der Waals surface area contributed by atoms with Gasteiger partial charge in [-0.05, 0) is 42.4 Å². The number of aliphatic hydroxyl groups excluding tert-OH is 1. The van der Waals surface area contributed by atoms with E-state index in [1.807, 2.05) is 91.0 Å². The van der Waals surface area contributed by atoms with Gasteiger partial charge < -0.3 is 20.5 Å². The van der Waals surface area contributed by atoms with Gasteiger partial charge in [0.25, 0.3) is 0 Å². The number of hydrogen-bond acceptors (Lipinski definition) is 5. The zero-order chi connectivity index (χ0) is 30.9. The van der Waals surface area contributed by atoms with Crippen molar-refractivity contribution in [3.8, 4) is 0 Å². The number of carbonyl (C=O) groups is 3. The molecule has 2 amide bonds. The van der Waals surface area contributed by atoms with Crippen LogP contribution in [-0.4, -0.2) is 42.1 Å². The molecule has 0 saturated carbocycles. The molecule has 0 bridgehead atoms. The Morgan fingerprint density at radius 2 is 1.28 bits per heavy atom. The Labute approximate surface area is 254 Å². The zero-order valence-electron chi connectivity index (χ0n) is 24.6. The first-order valence-corrected chi connectivity index (χ1v) is 14.6. The molecule has 0 spiro atoms. The summed E-state index contributed by atoms with van der Waals surface area (Å²) in [6.07, 6.45) is 4.96. The van der Waals surface area contributed by atoms with E-state index in [1.54, 1.807) is 12.2 Å². The smallest absolute Gasteiger partial charge is 0.309 e. The predicted molar refractivity (Wildman–Crippen MR) is 169 cm³/mol. The lowest BCUT2D eigenvalue weighted by Crippen LogP contribution is -2.42. The molecular formula is C36H42N2O5. The van der Waals surface area contributed by atoms with Crippen LogP contribution in [0.2, 0.25) is 0 Å². The molecule has 3 N–H and O–H groups in total. The summed E-state index contributed by atoms with van der Waals surface area (Å²) in [5.41, 5.74) is 2.79. The van der Waals surface area contributed by atoms with Crippen LogP contribution in [0.4, 0.5) is 0 Å². The lowest BCUT2D eigenvalue weighted by atomic mass is 9.96. The van der Waals surface area contributed by atoms with E-state index in [4.69, 9.17) is 4.74 Å². The Kier molecular flexibility index (Phi) is 13.9. The van der Waals surface area contributed by atoms with Crippen LogP contribution in [0.25, 0.3) is 0 Å². The summed E-state index contributed by atoms with van der Waals surface area (Å²) in [4.78, 5) is 39.5. The number of allylic oxidation sites excluding steroid dienone is 2. The average molecular weight is 583 g/mol. The third-order valence-corrected chi connectivity index (χ3v) is 7.18. The SMILES string of the molecule is C=CC[C@@H](CC(=O)N[C@H](CO)Cc1ccccc1)C(=O)N[C@@H](COC(=O)[C@H](CC=C)Cc1ccccc1)c1ccccc1. The predicted octanol–water partition coefficient (Wildman–Crippen LogP) is 5.12. The summed E-state index contributed by atoms with van der Waals surface area (Å²) >= 11 is 0. The van der Waals surface area contributed by atoms with Crippen molar-refractivity contribution < 1.29 is 24.2 Å². The Balaban J connectivity index is 1.65. The van der Waals surface area contributed by atoms with Crippen molar-refractivity contribution in [1.29, 1.82) is 0 Å². The highest BCUT2D eigenvalue weighted by Crippen LogP contribution is 2.20. The maximum atomic E-state index is 13.5. The van der Waals surface area contributed by atoms with Gasteiger partial charge in [-0.3, -0.25) is 14.4 Å². The van der Waals surface area contributed by atoms with Gasteiger partial charge in [0.1, 0.15) is 6.61 Å². The molecule has 43 heavy (non-hydrogen) atoms. The minimum absolute atomic E-state index is 0.0618. The fraction of sp³-hybridized carbons (Fsp3) is 0.306. The maximum absolute atomic E-state index is 13.5. The first kappa shape index (κ1) is 33.0. The van der Waals surface area contributed by atoms with Crippen LogP contribution in [0.1, 0.15) is 42.0 Å². The van der Waals surface area contributed by atoms with Crippen LogP contribution < -0.4 is 10.6 Å². The summed E-state index contributed by atoms with van der Waals surface area (Å²) < 4.78 is 5.76. The number of hydrogen-bond donors (Lipinski definition) is 3. The molecule has 0 radical (unpaired) electrons. The van der Waals surface area contributed by atoms with Gasteiger partial charge in [-0.25, -0.2) is 0 Å². The highest BCUT2D eigenvalue weighted by atomic mass is 16.5. The van der Waals surface area contributed by atoms with Crippen molar-refractivity contribution in [3.05, 3.63) is 133 Å². The third kappa shape index (κ3) is 11.4. The first-order valence-electron chi connectivity index (χ1n) is 14.6. The molecule has 7 nitrogen and oxygen atoms in total. The number of esters is 1. The van der Waals surface area contributed by atoms with Gasteiger partial charge in [0.05, 0.1) is 30.5 Å². The summed E-state index contributed by atoms with van der Waals surface area (Å²) in [6.45, 7) is 7.27. The first-order chi connectivity index (χ1) is 20.9. The minimum atomic E-state index is -0.693.